The van der Waals surface area contributed by atoms with Crippen LogP contribution in [0.2, 0.25) is 5.82 Å². The molecule has 0 radical (unpaired) electrons. The van der Waals surface area contributed by atoms with Gasteiger partial charge >= 0.3 is 78.0 Å². The molecule has 0 saturated heterocycles. The molecule has 0 saturated carbocycles. The Labute approximate surface area is 78.2 Å². The Kier molecular flexibility index (Phi) is 2.90. The molecule has 0 aliphatic heterocycles. The van der Waals surface area contributed by atoms with Crippen LogP contribution >= 0.6 is 0 Å². The standard InChI is InChI=1S/C7H9NO2SSe/c1-12-7-5-3-2-4-6(7)11(8,9)10/h2-5H,1H3,(H2,8,9,10). The first-order chi connectivity index (χ1) is 5.55. The van der Waals surface area contributed by atoms with Crippen molar-refractivity contribution in [1.82, 2.24) is 0 Å². The number of sulfonamides is 1. The monoisotopic (exact) mass is 251 g/mol. The van der Waals surface area contributed by atoms with Gasteiger partial charge < -0.3 is 0 Å². The van der Waals surface area contributed by atoms with E-state index in [1.807, 2.05) is 11.9 Å². The fourth-order valence-electron chi connectivity index (χ4n) is 0.854. The van der Waals surface area contributed by atoms with Crippen LogP contribution in [0.5, 0.6) is 0 Å². The Morgan fingerprint density at radius 1 is 1.33 bits per heavy atom. The number of hydrogen-bond donors (Lipinski definition) is 1. The van der Waals surface area contributed by atoms with E-state index in [4.69, 9.17) is 5.14 Å². The van der Waals surface area contributed by atoms with Gasteiger partial charge in [-0.2, -0.15) is 0 Å². The molecule has 5 heteroatoms. The summed E-state index contributed by atoms with van der Waals surface area (Å²) in [5.41, 5.74) is 0. The molecule has 66 valence electrons. The zero-order valence-electron chi connectivity index (χ0n) is 6.52. The molecule has 0 atom stereocenters. The molecule has 0 spiro atoms. The van der Waals surface area contributed by atoms with Gasteiger partial charge in [0, 0.05) is 0 Å². The molecule has 0 amide bonds. The van der Waals surface area contributed by atoms with Crippen molar-refractivity contribution in [3.63, 3.8) is 0 Å². The maximum atomic E-state index is 11.0. The quantitative estimate of drug-likeness (QED) is 0.733. The molecule has 1 aromatic carbocycles. The Balaban J connectivity index is 3.33. The fraction of sp³-hybridized carbons (Fsp3) is 0.143. The Bertz CT molecular complexity index is 375. The minimum absolute atomic E-state index is 0.156. The summed E-state index contributed by atoms with van der Waals surface area (Å²) < 4.78 is 22.8. The molecule has 1 aromatic rings. The SMILES string of the molecule is C[Se]c1ccccc1S(N)(=O)=O. The summed E-state index contributed by atoms with van der Waals surface area (Å²) in [6, 6.07) is 6.82. The van der Waals surface area contributed by atoms with Gasteiger partial charge in [-0.05, 0) is 0 Å². The van der Waals surface area contributed by atoms with E-state index in [1.165, 1.54) is 6.07 Å². The first-order valence-electron chi connectivity index (χ1n) is 3.21. The second-order valence-electron chi connectivity index (χ2n) is 2.20. The zero-order valence-corrected chi connectivity index (χ0v) is 9.05. The average molecular weight is 250 g/mol. The van der Waals surface area contributed by atoms with Crippen LogP contribution in [0.15, 0.2) is 29.2 Å². The van der Waals surface area contributed by atoms with E-state index in [0.717, 1.165) is 4.46 Å². The molecular weight excluding hydrogens is 241 g/mol. The summed E-state index contributed by atoms with van der Waals surface area (Å²) >= 11 is 0.156. The summed E-state index contributed by atoms with van der Waals surface area (Å²) in [5.74, 6) is 1.96. The van der Waals surface area contributed by atoms with Crippen LogP contribution < -0.4 is 9.60 Å². The second-order valence-corrected chi connectivity index (χ2v) is 5.51. The van der Waals surface area contributed by atoms with E-state index >= 15 is 0 Å². The van der Waals surface area contributed by atoms with Crippen LogP contribution in [0.1, 0.15) is 0 Å². The van der Waals surface area contributed by atoms with Gasteiger partial charge in [-0.1, -0.05) is 0 Å². The molecule has 2 N–H and O–H groups in total. The molecule has 1 rings (SSSR count). The van der Waals surface area contributed by atoms with Crippen LogP contribution in [0.4, 0.5) is 0 Å². The van der Waals surface area contributed by atoms with Crippen LogP contribution in [-0.2, 0) is 10.0 Å². The molecule has 0 unspecified atom stereocenters. The van der Waals surface area contributed by atoms with E-state index < -0.39 is 10.0 Å². The van der Waals surface area contributed by atoms with Gasteiger partial charge in [0.05, 0.1) is 0 Å². The van der Waals surface area contributed by atoms with Crippen molar-refractivity contribution in [3.05, 3.63) is 24.3 Å². The molecule has 0 aliphatic carbocycles. The van der Waals surface area contributed by atoms with Gasteiger partial charge in [0.25, 0.3) is 0 Å². The third-order valence-corrected chi connectivity index (χ3v) is 4.31. The molecule has 0 aliphatic rings. The molecular formula is C7H9NO2SSe. The Hall–Kier alpha value is -0.351. The van der Waals surface area contributed by atoms with Crippen LogP contribution in [0.3, 0.4) is 0 Å². The van der Waals surface area contributed by atoms with E-state index in [-0.39, 0.29) is 19.9 Å². The Morgan fingerprint density at radius 2 is 1.92 bits per heavy atom. The van der Waals surface area contributed by atoms with Crippen molar-refractivity contribution >= 4 is 29.4 Å². The minimum atomic E-state index is -3.53. The van der Waals surface area contributed by atoms with Crippen molar-refractivity contribution in [2.75, 3.05) is 0 Å². The summed E-state index contributed by atoms with van der Waals surface area (Å²) in [4.78, 5) is 0.257. The normalized spacial score (nSPS) is 11.5. The Morgan fingerprint density at radius 3 is 2.33 bits per heavy atom. The predicted molar refractivity (Wildman–Crippen MR) is 49.1 cm³/mol. The molecule has 0 aromatic heterocycles. The third-order valence-electron chi connectivity index (χ3n) is 1.38. The molecule has 0 bridgehead atoms. The molecule has 3 nitrogen and oxygen atoms in total. The van der Waals surface area contributed by atoms with Crippen LogP contribution in [-0.4, -0.2) is 23.4 Å². The molecule has 12 heavy (non-hydrogen) atoms. The number of nitrogens with two attached hydrogens (primary N) is 1. The van der Waals surface area contributed by atoms with Crippen LogP contribution in [0.25, 0.3) is 0 Å². The van der Waals surface area contributed by atoms with Crippen molar-refractivity contribution in [3.8, 4) is 0 Å². The van der Waals surface area contributed by atoms with Gasteiger partial charge in [0.1, 0.15) is 0 Å². The molecule has 0 fully saturated rings. The van der Waals surface area contributed by atoms with Gasteiger partial charge in [-0.3, -0.25) is 0 Å². The fourth-order valence-corrected chi connectivity index (χ4v) is 3.65. The third kappa shape index (κ3) is 2.08. The van der Waals surface area contributed by atoms with Gasteiger partial charge in [-0.25, -0.2) is 0 Å². The average Bonchev–Trinajstić information content (AvgIpc) is 2.03. The second kappa shape index (κ2) is 3.58. The summed E-state index contributed by atoms with van der Waals surface area (Å²) in [5, 5.41) is 5.02. The van der Waals surface area contributed by atoms with Crippen LogP contribution in [0, 0.1) is 0 Å². The zero-order chi connectivity index (χ0) is 9.19. The van der Waals surface area contributed by atoms with Gasteiger partial charge in [-0.15, -0.1) is 0 Å². The van der Waals surface area contributed by atoms with Crippen molar-refractivity contribution in [2.24, 2.45) is 5.14 Å². The summed E-state index contributed by atoms with van der Waals surface area (Å²) in [6.45, 7) is 0. The topological polar surface area (TPSA) is 60.2 Å². The van der Waals surface area contributed by atoms with E-state index in [9.17, 15) is 8.42 Å². The number of primary sulfonamides is 1. The van der Waals surface area contributed by atoms with E-state index in [0.29, 0.717) is 0 Å². The maximum absolute atomic E-state index is 11.0. The number of benzene rings is 1. The van der Waals surface area contributed by atoms with Crippen molar-refractivity contribution in [1.29, 1.82) is 0 Å². The summed E-state index contributed by atoms with van der Waals surface area (Å²) in [7, 11) is -3.53. The predicted octanol–water partition coefficient (Wildman–Crippen LogP) is -0.288. The van der Waals surface area contributed by atoms with E-state index in [2.05, 4.69) is 0 Å². The van der Waals surface area contributed by atoms with Crippen molar-refractivity contribution < 1.29 is 8.42 Å². The number of hydrogen-bond acceptors (Lipinski definition) is 2. The van der Waals surface area contributed by atoms with Gasteiger partial charge in [0.15, 0.2) is 0 Å². The summed E-state index contributed by atoms with van der Waals surface area (Å²) in [6.07, 6.45) is 0. The number of rotatable bonds is 2. The first-order valence-corrected chi connectivity index (χ1v) is 7.33. The molecule has 0 heterocycles. The van der Waals surface area contributed by atoms with Crippen molar-refractivity contribution in [2.45, 2.75) is 10.7 Å². The first kappa shape index (κ1) is 9.74. The van der Waals surface area contributed by atoms with Gasteiger partial charge in [0.2, 0.25) is 0 Å². The van der Waals surface area contributed by atoms with E-state index in [1.54, 1.807) is 12.1 Å².